The minimum Gasteiger partial charge on any atom is -0.484 e. The summed E-state index contributed by atoms with van der Waals surface area (Å²) >= 11 is 0. The van der Waals surface area contributed by atoms with E-state index in [0.717, 1.165) is 5.56 Å². The van der Waals surface area contributed by atoms with Crippen LogP contribution in [0.2, 0.25) is 0 Å². The molecular weight excluding hydrogens is 336 g/mol. The van der Waals surface area contributed by atoms with Crippen LogP contribution >= 0.6 is 0 Å². The summed E-state index contributed by atoms with van der Waals surface area (Å²) in [6.45, 7) is 7.33. The fourth-order valence-corrected chi connectivity index (χ4v) is 1.90. The van der Waals surface area contributed by atoms with Gasteiger partial charge in [0.1, 0.15) is 12.2 Å². The summed E-state index contributed by atoms with van der Waals surface area (Å²) in [5.41, 5.74) is 3.03. The fraction of sp³-hybridized carbons (Fsp3) is 0.444. The number of ether oxygens (including phenoxy) is 1. The van der Waals surface area contributed by atoms with E-state index in [0.29, 0.717) is 5.75 Å². The number of hydrogen-bond donors (Lipinski definition) is 3. The Bertz CT molecular complexity index is 639. The molecule has 0 spiro atoms. The van der Waals surface area contributed by atoms with Gasteiger partial charge in [-0.3, -0.25) is 14.4 Å². The number of rotatable bonds is 9. The molecule has 0 radical (unpaired) electrons. The Balaban J connectivity index is 2.39. The molecule has 0 unspecified atom stereocenters. The molecule has 0 aliphatic carbocycles. The quantitative estimate of drug-likeness (QED) is 0.345. The van der Waals surface area contributed by atoms with Crippen molar-refractivity contribution in [2.75, 3.05) is 6.61 Å². The van der Waals surface area contributed by atoms with E-state index in [9.17, 15) is 14.4 Å². The molecule has 0 bridgehead atoms. The first-order valence-electron chi connectivity index (χ1n) is 8.39. The molecule has 0 aliphatic heterocycles. The lowest BCUT2D eigenvalue weighted by Gasteiger charge is -2.09. The van der Waals surface area contributed by atoms with Crippen LogP contribution in [0.3, 0.4) is 0 Å². The molecule has 0 atom stereocenters. The summed E-state index contributed by atoms with van der Waals surface area (Å²) in [6.07, 6.45) is 1.17. The summed E-state index contributed by atoms with van der Waals surface area (Å²) in [5.74, 6) is -0.475. The number of hydrogen-bond acceptors (Lipinski definition) is 5. The Morgan fingerprint density at radius 2 is 1.54 bits per heavy atom. The van der Waals surface area contributed by atoms with Crippen molar-refractivity contribution in [3.8, 4) is 5.75 Å². The molecule has 1 aromatic rings. The van der Waals surface area contributed by atoms with Gasteiger partial charge in [-0.1, -0.05) is 0 Å². The van der Waals surface area contributed by atoms with E-state index in [2.05, 4.69) is 21.2 Å². The SMILES string of the molecule is CC(C)NC(=O)COc1ccc(/C=N/NC(=O)CC(=O)NC(C)C)cc1. The lowest BCUT2D eigenvalue weighted by atomic mass is 10.2. The average Bonchev–Trinajstić information content (AvgIpc) is 2.52. The van der Waals surface area contributed by atoms with Crippen LogP contribution in [0.25, 0.3) is 0 Å². The lowest BCUT2D eigenvalue weighted by molar-refractivity contribution is -0.129. The van der Waals surface area contributed by atoms with Crippen molar-refractivity contribution in [2.24, 2.45) is 5.10 Å². The van der Waals surface area contributed by atoms with E-state index < -0.39 is 5.91 Å². The van der Waals surface area contributed by atoms with Crippen LogP contribution in [0.15, 0.2) is 29.4 Å². The highest BCUT2D eigenvalue weighted by Crippen LogP contribution is 2.10. The summed E-state index contributed by atoms with van der Waals surface area (Å²) in [7, 11) is 0. The summed E-state index contributed by atoms with van der Waals surface area (Å²) in [4.78, 5) is 34.5. The summed E-state index contributed by atoms with van der Waals surface area (Å²) in [5, 5.41) is 9.16. The average molecular weight is 362 g/mol. The fourth-order valence-electron chi connectivity index (χ4n) is 1.90. The summed E-state index contributed by atoms with van der Waals surface area (Å²) in [6, 6.07) is 6.91. The number of hydrazone groups is 1. The van der Waals surface area contributed by atoms with E-state index in [-0.39, 0.29) is 36.9 Å². The predicted octanol–water partition coefficient (Wildman–Crippen LogP) is 0.955. The number of nitrogens with one attached hydrogen (secondary N) is 3. The molecule has 0 saturated heterocycles. The van der Waals surface area contributed by atoms with Gasteiger partial charge in [-0.2, -0.15) is 5.10 Å². The molecule has 3 N–H and O–H groups in total. The Labute approximate surface area is 153 Å². The maximum atomic E-state index is 11.6. The Hall–Kier alpha value is -2.90. The van der Waals surface area contributed by atoms with Gasteiger partial charge in [0.25, 0.3) is 5.91 Å². The molecule has 0 saturated carbocycles. The number of amides is 3. The zero-order valence-electron chi connectivity index (χ0n) is 15.5. The second-order valence-electron chi connectivity index (χ2n) is 6.27. The maximum absolute atomic E-state index is 11.6. The Kier molecular flexibility index (Phi) is 8.83. The van der Waals surface area contributed by atoms with Gasteiger partial charge in [0.05, 0.1) is 6.21 Å². The molecule has 3 amide bonds. The topological polar surface area (TPSA) is 109 Å². The van der Waals surface area contributed by atoms with Crippen molar-refractivity contribution >= 4 is 23.9 Å². The van der Waals surface area contributed by atoms with Crippen molar-refractivity contribution < 1.29 is 19.1 Å². The first-order valence-corrected chi connectivity index (χ1v) is 8.39. The number of carbonyl (C=O) groups excluding carboxylic acids is 3. The van der Waals surface area contributed by atoms with Gasteiger partial charge in [-0.15, -0.1) is 0 Å². The third-order valence-electron chi connectivity index (χ3n) is 2.87. The van der Waals surface area contributed by atoms with E-state index >= 15 is 0 Å². The molecule has 1 rings (SSSR count). The van der Waals surface area contributed by atoms with E-state index in [4.69, 9.17) is 4.74 Å². The van der Waals surface area contributed by atoms with Crippen molar-refractivity contribution in [1.82, 2.24) is 16.1 Å². The second-order valence-corrected chi connectivity index (χ2v) is 6.27. The van der Waals surface area contributed by atoms with Crippen molar-refractivity contribution in [3.05, 3.63) is 29.8 Å². The van der Waals surface area contributed by atoms with Crippen LogP contribution in [-0.4, -0.2) is 42.6 Å². The van der Waals surface area contributed by atoms with Crippen molar-refractivity contribution in [1.29, 1.82) is 0 Å². The molecule has 1 aromatic carbocycles. The maximum Gasteiger partial charge on any atom is 0.258 e. The van der Waals surface area contributed by atoms with Crippen LogP contribution in [0, 0.1) is 0 Å². The van der Waals surface area contributed by atoms with E-state index in [1.165, 1.54) is 6.21 Å². The monoisotopic (exact) mass is 362 g/mol. The highest BCUT2D eigenvalue weighted by Gasteiger charge is 2.09. The van der Waals surface area contributed by atoms with Gasteiger partial charge in [0.15, 0.2) is 6.61 Å². The third kappa shape index (κ3) is 9.41. The van der Waals surface area contributed by atoms with E-state index in [1.54, 1.807) is 24.3 Å². The van der Waals surface area contributed by atoms with E-state index in [1.807, 2.05) is 27.7 Å². The largest absolute Gasteiger partial charge is 0.484 e. The van der Waals surface area contributed by atoms with Crippen LogP contribution < -0.4 is 20.8 Å². The molecule has 8 heteroatoms. The van der Waals surface area contributed by atoms with Gasteiger partial charge in [0.2, 0.25) is 11.8 Å². The van der Waals surface area contributed by atoms with Crippen molar-refractivity contribution in [3.63, 3.8) is 0 Å². The van der Waals surface area contributed by atoms with Gasteiger partial charge in [-0.25, -0.2) is 5.43 Å². The third-order valence-corrected chi connectivity index (χ3v) is 2.87. The Morgan fingerprint density at radius 3 is 2.12 bits per heavy atom. The van der Waals surface area contributed by atoms with Crippen LogP contribution in [0.5, 0.6) is 5.75 Å². The first kappa shape index (κ1) is 21.1. The lowest BCUT2D eigenvalue weighted by Crippen LogP contribution is -2.34. The minimum atomic E-state index is -0.490. The Morgan fingerprint density at radius 1 is 0.962 bits per heavy atom. The normalized spacial score (nSPS) is 10.8. The molecule has 8 nitrogen and oxygen atoms in total. The zero-order valence-corrected chi connectivity index (χ0v) is 15.5. The van der Waals surface area contributed by atoms with Crippen LogP contribution in [0.1, 0.15) is 39.7 Å². The van der Waals surface area contributed by atoms with Crippen LogP contribution in [-0.2, 0) is 14.4 Å². The highest BCUT2D eigenvalue weighted by atomic mass is 16.5. The van der Waals surface area contributed by atoms with Gasteiger partial charge < -0.3 is 15.4 Å². The predicted molar refractivity (Wildman–Crippen MR) is 98.8 cm³/mol. The molecular formula is C18H26N4O4. The minimum absolute atomic E-state index is 0.0176. The molecule has 0 aromatic heterocycles. The van der Waals surface area contributed by atoms with Gasteiger partial charge in [-0.05, 0) is 57.5 Å². The molecule has 0 fully saturated rings. The van der Waals surface area contributed by atoms with Gasteiger partial charge in [0, 0.05) is 12.1 Å². The highest BCUT2D eigenvalue weighted by molar-refractivity contribution is 5.97. The van der Waals surface area contributed by atoms with Crippen molar-refractivity contribution in [2.45, 2.75) is 46.2 Å². The molecule has 26 heavy (non-hydrogen) atoms. The molecule has 0 aliphatic rings. The number of carbonyl (C=O) groups is 3. The number of nitrogens with zero attached hydrogens (tertiary/aromatic N) is 1. The molecule has 0 heterocycles. The first-order chi connectivity index (χ1) is 12.3. The molecule has 142 valence electrons. The second kappa shape index (κ2) is 10.9. The standard InChI is InChI=1S/C18H26N4O4/c1-12(2)20-16(23)9-17(24)22-19-10-14-5-7-15(8-6-14)26-11-18(25)21-13(3)4/h5-8,10,12-13H,9,11H2,1-4H3,(H,20,23)(H,21,25)(H,22,24)/b19-10+. The van der Waals surface area contributed by atoms with Crippen LogP contribution in [0.4, 0.5) is 0 Å². The summed E-state index contributed by atoms with van der Waals surface area (Å²) < 4.78 is 5.37. The number of benzene rings is 1. The zero-order chi connectivity index (χ0) is 19.5. The van der Waals surface area contributed by atoms with Gasteiger partial charge >= 0.3 is 0 Å². The smallest absolute Gasteiger partial charge is 0.258 e.